The third-order valence-electron chi connectivity index (χ3n) is 4.75. The van der Waals surface area contributed by atoms with E-state index in [1.807, 2.05) is 22.9 Å². The quantitative estimate of drug-likeness (QED) is 0.922. The number of piperidine rings is 1. The Kier molecular flexibility index (Phi) is 3.72. The Morgan fingerprint density at radius 2 is 2.10 bits per heavy atom. The van der Waals surface area contributed by atoms with E-state index in [0.29, 0.717) is 6.61 Å². The number of fused-ring (bicyclic) bond motifs is 1. The Balaban J connectivity index is 1.68. The van der Waals surface area contributed by atoms with Crippen LogP contribution in [0, 0.1) is 5.41 Å². The second-order valence-electron chi connectivity index (χ2n) is 5.83. The van der Waals surface area contributed by atoms with Gasteiger partial charge in [0.1, 0.15) is 0 Å². The Bertz CT molecular complexity index is 566. The van der Waals surface area contributed by atoms with E-state index in [-0.39, 0.29) is 5.41 Å². The van der Waals surface area contributed by atoms with Gasteiger partial charge in [0.25, 0.3) is 0 Å². The van der Waals surface area contributed by atoms with Gasteiger partial charge >= 0.3 is 0 Å². The summed E-state index contributed by atoms with van der Waals surface area (Å²) >= 11 is 0. The van der Waals surface area contributed by atoms with Gasteiger partial charge in [-0.1, -0.05) is 6.92 Å². The molecule has 3 heterocycles. The van der Waals surface area contributed by atoms with E-state index in [1.54, 1.807) is 6.20 Å². The van der Waals surface area contributed by atoms with E-state index in [0.717, 1.165) is 44.7 Å². The molecule has 1 aliphatic heterocycles. The van der Waals surface area contributed by atoms with Crippen LogP contribution in [0.25, 0.3) is 5.78 Å². The van der Waals surface area contributed by atoms with Crippen LogP contribution in [0.2, 0.25) is 0 Å². The number of aromatic nitrogens is 3. The summed E-state index contributed by atoms with van der Waals surface area (Å²) in [6, 6.07) is 1.93. The van der Waals surface area contributed by atoms with Gasteiger partial charge in [0, 0.05) is 25.5 Å². The van der Waals surface area contributed by atoms with Crippen molar-refractivity contribution >= 4 is 5.78 Å². The Labute approximate surface area is 119 Å². The first kappa shape index (κ1) is 13.5. The van der Waals surface area contributed by atoms with Crippen molar-refractivity contribution in [3.05, 3.63) is 30.4 Å². The number of aliphatic hydroxyl groups is 1. The van der Waals surface area contributed by atoms with E-state index in [1.165, 1.54) is 5.69 Å². The molecular formula is C15H22N4O. The van der Waals surface area contributed by atoms with Crippen LogP contribution < -0.4 is 0 Å². The predicted octanol–water partition coefficient (Wildman–Crippen LogP) is 1.71. The summed E-state index contributed by atoms with van der Waals surface area (Å²) in [6.45, 7) is 5.49. The van der Waals surface area contributed by atoms with Crippen LogP contribution in [0.15, 0.2) is 24.7 Å². The molecule has 0 radical (unpaired) electrons. The first-order valence-electron chi connectivity index (χ1n) is 7.36. The van der Waals surface area contributed by atoms with Crippen LogP contribution >= 0.6 is 0 Å². The van der Waals surface area contributed by atoms with Crippen molar-refractivity contribution in [2.45, 2.75) is 32.7 Å². The summed E-state index contributed by atoms with van der Waals surface area (Å²) in [6.07, 6.45) is 8.92. The summed E-state index contributed by atoms with van der Waals surface area (Å²) in [5.74, 6) is 0.762. The predicted molar refractivity (Wildman–Crippen MR) is 77.3 cm³/mol. The third-order valence-corrected chi connectivity index (χ3v) is 4.75. The SMILES string of the molecule is CCC1(CO)CCN(Cc2cnc3ncccn23)CC1. The van der Waals surface area contributed by atoms with Gasteiger partial charge in [0.15, 0.2) is 0 Å². The number of imidazole rings is 1. The van der Waals surface area contributed by atoms with Gasteiger partial charge in [0.2, 0.25) is 5.78 Å². The summed E-state index contributed by atoms with van der Waals surface area (Å²) < 4.78 is 2.05. The van der Waals surface area contributed by atoms with Crippen molar-refractivity contribution in [2.24, 2.45) is 5.41 Å². The maximum absolute atomic E-state index is 9.58. The monoisotopic (exact) mass is 274 g/mol. The summed E-state index contributed by atoms with van der Waals surface area (Å²) in [4.78, 5) is 11.0. The summed E-state index contributed by atoms with van der Waals surface area (Å²) in [7, 11) is 0. The molecule has 0 bridgehead atoms. The zero-order valence-electron chi connectivity index (χ0n) is 12.0. The second-order valence-corrected chi connectivity index (χ2v) is 5.83. The first-order valence-corrected chi connectivity index (χ1v) is 7.36. The highest BCUT2D eigenvalue weighted by molar-refractivity contribution is 5.30. The Morgan fingerprint density at radius 3 is 2.80 bits per heavy atom. The van der Waals surface area contributed by atoms with Crippen molar-refractivity contribution in [1.82, 2.24) is 19.3 Å². The molecule has 0 saturated carbocycles. The minimum atomic E-state index is 0.150. The zero-order valence-corrected chi connectivity index (χ0v) is 12.0. The number of aliphatic hydroxyl groups excluding tert-OH is 1. The topological polar surface area (TPSA) is 53.7 Å². The number of hydrogen-bond donors (Lipinski definition) is 1. The normalized spacial score (nSPS) is 19.5. The Morgan fingerprint density at radius 1 is 1.30 bits per heavy atom. The third kappa shape index (κ3) is 2.43. The second kappa shape index (κ2) is 5.50. The minimum Gasteiger partial charge on any atom is -0.396 e. The molecule has 0 atom stereocenters. The van der Waals surface area contributed by atoms with Crippen molar-refractivity contribution in [3.63, 3.8) is 0 Å². The summed E-state index contributed by atoms with van der Waals surface area (Å²) in [5.41, 5.74) is 1.33. The molecule has 1 aliphatic rings. The molecular weight excluding hydrogens is 252 g/mol. The van der Waals surface area contributed by atoms with Gasteiger partial charge in [0.05, 0.1) is 11.9 Å². The van der Waals surface area contributed by atoms with Crippen LogP contribution in [-0.4, -0.2) is 44.1 Å². The van der Waals surface area contributed by atoms with Crippen LogP contribution in [0.5, 0.6) is 0 Å². The first-order chi connectivity index (χ1) is 9.76. The molecule has 1 N–H and O–H groups in total. The van der Waals surface area contributed by atoms with Crippen molar-refractivity contribution in [2.75, 3.05) is 19.7 Å². The van der Waals surface area contributed by atoms with Gasteiger partial charge in [-0.25, -0.2) is 9.97 Å². The number of likely N-dealkylation sites (tertiary alicyclic amines) is 1. The van der Waals surface area contributed by atoms with Gasteiger partial charge in [-0.05, 0) is 43.8 Å². The molecule has 0 aliphatic carbocycles. The molecule has 0 aromatic carbocycles. The van der Waals surface area contributed by atoms with E-state index in [9.17, 15) is 5.11 Å². The Hall–Kier alpha value is -1.46. The molecule has 2 aromatic rings. The van der Waals surface area contributed by atoms with Crippen LogP contribution in [0.1, 0.15) is 31.9 Å². The van der Waals surface area contributed by atoms with E-state index in [4.69, 9.17) is 0 Å². The standard InChI is InChI=1S/C15H22N4O/c1-2-15(12-20)4-8-18(9-5-15)11-13-10-17-14-16-6-3-7-19(13)14/h3,6-7,10,20H,2,4-5,8-9,11-12H2,1H3. The molecule has 0 amide bonds. The lowest BCUT2D eigenvalue weighted by molar-refractivity contribution is 0.0377. The zero-order chi connectivity index (χ0) is 14.0. The highest BCUT2D eigenvalue weighted by Crippen LogP contribution is 2.34. The molecule has 20 heavy (non-hydrogen) atoms. The van der Waals surface area contributed by atoms with E-state index < -0.39 is 0 Å². The average Bonchev–Trinajstić information content (AvgIpc) is 2.92. The highest BCUT2D eigenvalue weighted by atomic mass is 16.3. The lowest BCUT2D eigenvalue weighted by atomic mass is 9.77. The van der Waals surface area contributed by atoms with Crippen molar-refractivity contribution in [1.29, 1.82) is 0 Å². The van der Waals surface area contributed by atoms with Gasteiger partial charge in [-0.2, -0.15) is 0 Å². The fourth-order valence-corrected chi connectivity index (χ4v) is 3.03. The maximum atomic E-state index is 9.58. The molecule has 1 fully saturated rings. The molecule has 108 valence electrons. The van der Waals surface area contributed by atoms with Gasteiger partial charge < -0.3 is 5.11 Å². The molecule has 0 spiro atoms. The fraction of sp³-hybridized carbons (Fsp3) is 0.600. The fourth-order valence-electron chi connectivity index (χ4n) is 3.03. The van der Waals surface area contributed by atoms with Crippen LogP contribution in [-0.2, 0) is 6.54 Å². The molecule has 2 aromatic heterocycles. The smallest absolute Gasteiger partial charge is 0.233 e. The van der Waals surface area contributed by atoms with E-state index in [2.05, 4.69) is 21.8 Å². The van der Waals surface area contributed by atoms with Gasteiger partial charge in [-0.3, -0.25) is 9.30 Å². The number of hydrogen-bond acceptors (Lipinski definition) is 4. The molecule has 5 heteroatoms. The molecule has 0 unspecified atom stereocenters. The molecule has 1 saturated heterocycles. The lowest BCUT2D eigenvalue weighted by Gasteiger charge is -2.40. The van der Waals surface area contributed by atoms with Crippen LogP contribution in [0.3, 0.4) is 0 Å². The van der Waals surface area contributed by atoms with E-state index >= 15 is 0 Å². The van der Waals surface area contributed by atoms with Crippen molar-refractivity contribution in [3.8, 4) is 0 Å². The van der Waals surface area contributed by atoms with Crippen molar-refractivity contribution < 1.29 is 5.11 Å². The summed E-state index contributed by atoms with van der Waals surface area (Å²) in [5, 5.41) is 9.58. The lowest BCUT2D eigenvalue weighted by Crippen LogP contribution is -2.41. The number of rotatable bonds is 4. The largest absolute Gasteiger partial charge is 0.396 e. The average molecular weight is 274 g/mol. The van der Waals surface area contributed by atoms with Crippen LogP contribution in [0.4, 0.5) is 0 Å². The molecule has 5 nitrogen and oxygen atoms in total. The highest BCUT2D eigenvalue weighted by Gasteiger charge is 2.32. The maximum Gasteiger partial charge on any atom is 0.233 e. The minimum absolute atomic E-state index is 0.150. The number of nitrogens with zero attached hydrogens (tertiary/aromatic N) is 4. The van der Waals surface area contributed by atoms with Gasteiger partial charge in [-0.15, -0.1) is 0 Å². The molecule has 3 rings (SSSR count).